The molecule has 0 radical (unpaired) electrons. The summed E-state index contributed by atoms with van der Waals surface area (Å²) < 4.78 is 5.31. The van der Waals surface area contributed by atoms with Gasteiger partial charge in [-0.3, -0.25) is 4.90 Å². The molecule has 2 N–H and O–H groups in total. The molecule has 0 spiro atoms. The maximum Gasteiger partial charge on any atom is 0.124 e. The quantitative estimate of drug-likeness (QED) is 0.791. The fourth-order valence-electron chi connectivity index (χ4n) is 3.88. The predicted molar refractivity (Wildman–Crippen MR) is 103 cm³/mol. The Bertz CT molecular complexity index is 699. The van der Waals surface area contributed by atoms with Crippen molar-refractivity contribution in [1.82, 2.24) is 4.90 Å². The normalized spacial score (nSPS) is 18.0. The van der Waals surface area contributed by atoms with Crippen molar-refractivity contribution in [1.29, 1.82) is 0 Å². The average Bonchev–Trinajstić information content (AvgIpc) is 2.68. The molecule has 1 saturated heterocycles. The van der Waals surface area contributed by atoms with Gasteiger partial charge in [-0.05, 0) is 67.6 Å². The molecule has 2 aromatic rings. The lowest BCUT2D eigenvalue weighted by molar-refractivity contribution is 0.132. The van der Waals surface area contributed by atoms with Gasteiger partial charge in [-0.1, -0.05) is 24.6 Å². The van der Waals surface area contributed by atoms with Crippen LogP contribution in [0.5, 0.6) is 11.5 Å². The third-order valence-corrected chi connectivity index (χ3v) is 5.35. The monoisotopic (exact) mass is 355 g/mol. The predicted octanol–water partition coefficient (Wildman–Crippen LogP) is 3.88. The van der Waals surface area contributed by atoms with E-state index in [4.69, 9.17) is 4.74 Å². The van der Waals surface area contributed by atoms with Gasteiger partial charge in [-0.15, -0.1) is 0 Å². The van der Waals surface area contributed by atoms with Crippen LogP contribution in [-0.4, -0.2) is 34.8 Å². The molecule has 1 unspecified atom stereocenters. The number of hydrogen-bond acceptors (Lipinski definition) is 4. The highest BCUT2D eigenvalue weighted by atomic mass is 16.5. The SMILES string of the molecule is COc1ccc(CN2CCCCC2CCc2ccc(O)cc2)cc1CO. The summed E-state index contributed by atoms with van der Waals surface area (Å²) in [5.41, 5.74) is 3.36. The molecule has 140 valence electrons. The molecule has 1 fully saturated rings. The summed E-state index contributed by atoms with van der Waals surface area (Å²) >= 11 is 0. The van der Waals surface area contributed by atoms with Crippen LogP contribution in [0.2, 0.25) is 0 Å². The number of nitrogens with zero attached hydrogens (tertiary/aromatic N) is 1. The molecule has 2 aromatic carbocycles. The second kappa shape index (κ2) is 9.06. The van der Waals surface area contributed by atoms with Gasteiger partial charge >= 0.3 is 0 Å². The van der Waals surface area contributed by atoms with Crippen molar-refractivity contribution in [3.63, 3.8) is 0 Å². The summed E-state index contributed by atoms with van der Waals surface area (Å²) in [5.74, 6) is 1.08. The number of methoxy groups -OCH3 is 1. The number of phenols is 1. The Morgan fingerprint density at radius 2 is 1.85 bits per heavy atom. The average molecular weight is 355 g/mol. The van der Waals surface area contributed by atoms with E-state index in [0.717, 1.165) is 37.2 Å². The Hall–Kier alpha value is -2.04. The van der Waals surface area contributed by atoms with Gasteiger partial charge in [0.15, 0.2) is 0 Å². The molecule has 1 aliphatic heterocycles. The van der Waals surface area contributed by atoms with E-state index < -0.39 is 0 Å². The number of phenolic OH excluding ortho intramolecular Hbond substituents is 1. The number of likely N-dealkylation sites (tertiary alicyclic amines) is 1. The molecular formula is C22H29NO3. The van der Waals surface area contributed by atoms with E-state index in [0.29, 0.717) is 11.8 Å². The summed E-state index contributed by atoms with van der Waals surface area (Å²) in [6, 6.07) is 14.3. The van der Waals surface area contributed by atoms with E-state index in [2.05, 4.69) is 17.0 Å². The Morgan fingerprint density at radius 3 is 2.58 bits per heavy atom. The minimum absolute atomic E-state index is 0.00128. The minimum atomic E-state index is 0.00128. The summed E-state index contributed by atoms with van der Waals surface area (Å²) in [6.07, 6.45) is 5.95. The van der Waals surface area contributed by atoms with Gasteiger partial charge in [0.05, 0.1) is 13.7 Å². The maximum atomic E-state index is 9.55. The number of hydrogen-bond donors (Lipinski definition) is 2. The number of benzene rings is 2. The zero-order valence-electron chi connectivity index (χ0n) is 15.5. The number of rotatable bonds is 7. The number of aromatic hydroxyl groups is 1. The van der Waals surface area contributed by atoms with Crippen LogP contribution in [0.4, 0.5) is 0 Å². The first-order valence-corrected chi connectivity index (χ1v) is 9.48. The van der Waals surface area contributed by atoms with Gasteiger partial charge in [-0.25, -0.2) is 0 Å². The number of aliphatic hydroxyl groups excluding tert-OH is 1. The molecule has 0 amide bonds. The number of ether oxygens (including phenoxy) is 1. The molecule has 0 aliphatic carbocycles. The number of aryl methyl sites for hydroxylation is 1. The van der Waals surface area contributed by atoms with E-state index in [1.807, 2.05) is 18.2 Å². The van der Waals surface area contributed by atoms with Gasteiger partial charge < -0.3 is 14.9 Å². The molecule has 4 heteroatoms. The van der Waals surface area contributed by atoms with Crippen LogP contribution in [0, 0.1) is 0 Å². The van der Waals surface area contributed by atoms with Gasteiger partial charge in [0.1, 0.15) is 11.5 Å². The van der Waals surface area contributed by atoms with Gasteiger partial charge in [0.25, 0.3) is 0 Å². The summed E-state index contributed by atoms with van der Waals surface area (Å²) in [5, 5.41) is 19.0. The Labute approximate surface area is 156 Å². The third-order valence-electron chi connectivity index (χ3n) is 5.35. The number of aliphatic hydroxyl groups is 1. The molecular weight excluding hydrogens is 326 g/mol. The van der Waals surface area contributed by atoms with Crippen LogP contribution in [0.3, 0.4) is 0 Å². The summed E-state index contributed by atoms with van der Waals surface area (Å²) in [4.78, 5) is 2.58. The fraction of sp³-hybridized carbons (Fsp3) is 0.455. The van der Waals surface area contributed by atoms with Crippen LogP contribution in [-0.2, 0) is 19.6 Å². The van der Waals surface area contributed by atoms with Crippen LogP contribution < -0.4 is 4.74 Å². The maximum absolute atomic E-state index is 9.55. The zero-order chi connectivity index (χ0) is 18.4. The zero-order valence-corrected chi connectivity index (χ0v) is 15.5. The van der Waals surface area contributed by atoms with Crippen molar-refractivity contribution in [2.75, 3.05) is 13.7 Å². The smallest absolute Gasteiger partial charge is 0.124 e. The third kappa shape index (κ3) is 4.77. The minimum Gasteiger partial charge on any atom is -0.508 e. The lowest BCUT2D eigenvalue weighted by Crippen LogP contribution is -2.39. The molecule has 1 aliphatic rings. The standard InChI is InChI=1S/C22H29NO3/c1-26-22-12-8-18(14-19(22)16-24)15-23-13-3-2-4-20(23)9-5-17-6-10-21(25)11-7-17/h6-8,10-12,14,20,24-25H,2-5,9,13,15-16H2,1H3. The van der Waals surface area contributed by atoms with E-state index >= 15 is 0 Å². The highest BCUT2D eigenvalue weighted by molar-refractivity contribution is 5.36. The molecule has 0 aromatic heterocycles. The van der Waals surface area contributed by atoms with Crippen LogP contribution in [0.1, 0.15) is 42.4 Å². The van der Waals surface area contributed by atoms with E-state index in [-0.39, 0.29) is 6.61 Å². The summed E-state index contributed by atoms with van der Waals surface area (Å²) in [6.45, 7) is 2.04. The van der Waals surface area contributed by atoms with Crippen molar-refractivity contribution in [3.8, 4) is 11.5 Å². The molecule has 0 bridgehead atoms. The van der Waals surface area contributed by atoms with Gasteiger partial charge in [-0.2, -0.15) is 0 Å². The first-order valence-electron chi connectivity index (χ1n) is 9.48. The second-order valence-corrected chi connectivity index (χ2v) is 7.13. The first kappa shape index (κ1) is 18.7. The van der Waals surface area contributed by atoms with Crippen molar-refractivity contribution in [2.24, 2.45) is 0 Å². The number of piperidine rings is 1. The molecule has 3 rings (SSSR count). The van der Waals surface area contributed by atoms with Crippen molar-refractivity contribution in [2.45, 2.75) is 51.3 Å². The lowest BCUT2D eigenvalue weighted by Gasteiger charge is -2.36. The highest BCUT2D eigenvalue weighted by Gasteiger charge is 2.22. The first-order chi connectivity index (χ1) is 12.7. The van der Waals surface area contributed by atoms with Crippen LogP contribution in [0.25, 0.3) is 0 Å². The molecule has 1 atom stereocenters. The second-order valence-electron chi connectivity index (χ2n) is 7.13. The largest absolute Gasteiger partial charge is 0.508 e. The lowest BCUT2D eigenvalue weighted by atomic mass is 9.95. The summed E-state index contributed by atoms with van der Waals surface area (Å²) in [7, 11) is 1.64. The molecule has 4 nitrogen and oxygen atoms in total. The molecule has 26 heavy (non-hydrogen) atoms. The molecule has 0 saturated carbocycles. The van der Waals surface area contributed by atoms with Gasteiger partial charge in [0, 0.05) is 18.2 Å². The van der Waals surface area contributed by atoms with Gasteiger partial charge in [0.2, 0.25) is 0 Å². The van der Waals surface area contributed by atoms with E-state index in [1.54, 1.807) is 19.2 Å². The fourth-order valence-corrected chi connectivity index (χ4v) is 3.88. The van der Waals surface area contributed by atoms with Crippen molar-refractivity contribution < 1.29 is 14.9 Å². The van der Waals surface area contributed by atoms with Crippen molar-refractivity contribution >= 4 is 0 Å². The van der Waals surface area contributed by atoms with Crippen LogP contribution >= 0.6 is 0 Å². The van der Waals surface area contributed by atoms with Crippen LogP contribution in [0.15, 0.2) is 42.5 Å². The van der Waals surface area contributed by atoms with Crippen molar-refractivity contribution in [3.05, 3.63) is 59.2 Å². The molecule has 1 heterocycles. The Balaban J connectivity index is 1.64. The highest BCUT2D eigenvalue weighted by Crippen LogP contribution is 2.26. The Morgan fingerprint density at radius 1 is 1.08 bits per heavy atom. The van der Waals surface area contributed by atoms with E-state index in [1.165, 1.54) is 30.4 Å². The van der Waals surface area contributed by atoms with E-state index in [9.17, 15) is 10.2 Å². The topological polar surface area (TPSA) is 52.9 Å². The Kier molecular flexibility index (Phi) is 6.53.